The summed E-state index contributed by atoms with van der Waals surface area (Å²) in [6.07, 6.45) is 0. The number of carbonyl (C=O) groups is 1. The van der Waals surface area contributed by atoms with Crippen LogP contribution in [0.25, 0.3) is 0 Å². The quantitative estimate of drug-likeness (QED) is 0.476. The van der Waals surface area contributed by atoms with E-state index in [0.29, 0.717) is 0 Å². The average Bonchev–Trinajstić information content (AvgIpc) is 2.10. The summed E-state index contributed by atoms with van der Waals surface area (Å²) in [5.41, 5.74) is 0.132. The van der Waals surface area contributed by atoms with Crippen LogP contribution in [0, 0.1) is 9.52 Å². The van der Waals surface area contributed by atoms with Crippen molar-refractivity contribution >= 4 is 28.6 Å². The van der Waals surface area contributed by atoms with Crippen molar-refractivity contribution in [1.82, 2.24) is 4.98 Å². The van der Waals surface area contributed by atoms with Crippen LogP contribution in [0.5, 0.6) is 0 Å². The zero-order valence-electron chi connectivity index (χ0n) is 6.88. The Morgan fingerprint density at radius 2 is 2.38 bits per heavy atom. The van der Waals surface area contributed by atoms with Crippen LogP contribution in [-0.2, 0) is 4.74 Å². The fraction of sp³-hybridized carbons (Fsp3) is 0.250. The zero-order valence-corrected chi connectivity index (χ0v) is 9.04. The highest BCUT2D eigenvalue weighted by Crippen LogP contribution is 2.09. The van der Waals surface area contributed by atoms with Crippen molar-refractivity contribution in [3.63, 3.8) is 0 Å². The molecule has 0 fully saturated rings. The fourth-order valence-electron chi connectivity index (χ4n) is 0.736. The number of ether oxygens (including phenoxy) is 1. The first-order chi connectivity index (χ1) is 6.15. The van der Waals surface area contributed by atoms with E-state index in [0.717, 1.165) is 0 Å². The second-order valence-corrected chi connectivity index (χ2v) is 3.21. The van der Waals surface area contributed by atoms with Gasteiger partial charge in [-0.05, 0) is 41.6 Å². The van der Waals surface area contributed by atoms with Gasteiger partial charge in [0.15, 0.2) is 5.82 Å². The molecule has 0 atom stereocenters. The number of carbonyl (C=O) groups excluding carboxylic acids is 1. The minimum Gasteiger partial charge on any atom is -0.461 e. The summed E-state index contributed by atoms with van der Waals surface area (Å²) in [6.45, 7) is 1.99. The van der Waals surface area contributed by atoms with E-state index in [1.807, 2.05) is 0 Å². The van der Waals surface area contributed by atoms with Crippen LogP contribution in [0.3, 0.4) is 0 Å². The summed E-state index contributed by atoms with van der Waals surface area (Å²) in [7, 11) is 0. The molecule has 0 spiro atoms. The molecule has 3 nitrogen and oxygen atoms in total. The van der Waals surface area contributed by atoms with E-state index in [4.69, 9.17) is 4.74 Å². The largest absolute Gasteiger partial charge is 0.461 e. The highest BCUT2D eigenvalue weighted by atomic mass is 127. The highest BCUT2D eigenvalue weighted by Gasteiger charge is 2.10. The molecule has 1 heterocycles. The molecule has 0 saturated carbocycles. The van der Waals surface area contributed by atoms with Crippen molar-refractivity contribution in [2.24, 2.45) is 0 Å². The van der Waals surface area contributed by atoms with Gasteiger partial charge in [0.25, 0.3) is 0 Å². The van der Waals surface area contributed by atoms with Gasteiger partial charge in [-0.3, -0.25) is 0 Å². The minimum atomic E-state index is -0.527. The van der Waals surface area contributed by atoms with Crippen LogP contribution in [0.4, 0.5) is 4.39 Å². The van der Waals surface area contributed by atoms with E-state index in [1.165, 1.54) is 12.1 Å². The van der Waals surface area contributed by atoms with Crippen LogP contribution in [0.15, 0.2) is 12.1 Å². The third-order valence-corrected chi connectivity index (χ3v) is 2.04. The normalized spacial score (nSPS) is 9.77. The molecular weight excluding hydrogens is 288 g/mol. The van der Waals surface area contributed by atoms with E-state index in [2.05, 4.69) is 4.98 Å². The number of rotatable bonds is 2. The molecule has 1 rings (SSSR count). The summed E-state index contributed by atoms with van der Waals surface area (Å²) in [6, 6.07) is 2.50. The molecule has 5 heteroatoms. The molecule has 13 heavy (non-hydrogen) atoms. The Balaban J connectivity index is 2.90. The lowest BCUT2D eigenvalue weighted by Crippen LogP contribution is -2.08. The number of halogens is 2. The number of nitrogens with zero attached hydrogens (tertiary/aromatic N) is 1. The van der Waals surface area contributed by atoms with Gasteiger partial charge < -0.3 is 4.74 Å². The highest BCUT2D eigenvalue weighted by molar-refractivity contribution is 14.1. The van der Waals surface area contributed by atoms with Gasteiger partial charge in [0, 0.05) is 0 Å². The van der Waals surface area contributed by atoms with E-state index < -0.39 is 11.8 Å². The maximum Gasteiger partial charge on any atom is 0.356 e. The van der Waals surface area contributed by atoms with Crippen LogP contribution in [0.2, 0.25) is 0 Å². The standard InChI is InChI=1S/C8H7FINO2/c1-2-13-8(12)6-4-3-5(9)7(10)11-6/h3-4H,2H2,1H3. The van der Waals surface area contributed by atoms with Crippen molar-refractivity contribution in [1.29, 1.82) is 0 Å². The second kappa shape index (κ2) is 4.50. The first-order valence-electron chi connectivity index (χ1n) is 3.64. The van der Waals surface area contributed by atoms with E-state index in [-0.39, 0.29) is 16.0 Å². The molecule has 0 aromatic carbocycles. The number of hydrogen-bond acceptors (Lipinski definition) is 3. The van der Waals surface area contributed by atoms with E-state index in [1.54, 1.807) is 29.5 Å². The number of pyridine rings is 1. The Morgan fingerprint density at radius 1 is 1.69 bits per heavy atom. The zero-order chi connectivity index (χ0) is 9.84. The van der Waals surface area contributed by atoms with Crippen molar-refractivity contribution < 1.29 is 13.9 Å². The lowest BCUT2D eigenvalue weighted by Gasteiger charge is -2.00. The van der Waals surface area contributed by atoms with Gasteiger partial charge in [-0.25, -0.2) is 14.2 Å². The van der Waals surface area contributed by atoms with Crippen LogP contribution < -0.4 is 0 Å². The van der Waals surface area contributed by atoms with Gasteiger partial charge in [-0.15, -0.1) is 0 Å². The Hall–Kier alpha value is -0.720. The lowest BCUT2D eigenvalue weighted by molar-refractivity contribution is 0.0519. The molecule has 0 unspecified atom stereocenters. The summed E-state index contributed by atoms with van der Waals surface area (Å²) < 4.78 is 17.6. The third-order valence-electron chi connectivity index (χ3n) is 1.29. The van der Waals surface area contributed by atoms with Crippen molar-refractivity contribution in [2.75, 3.05) is 6.61 Å². The van der Waals surface area contributed by atoms with Gasteiger partial charge in [0.05, 0.1) is 6.61 Å². The smallest absolute Gasteiger partial charge is 0.356 e. The number of esters is 1. The molecule has 1 aromatic rings. The van der Waals surface area contributed by atoms with Gasteiger partial charge in [0.2, 0.25) is 0 Å². The van der Waals surface area contributed by atoms with Crippen LogP contribution in [-0.4, -0.2) is 17.6 Å². The van der Waals surface area contributed by atoms with Crippen molar-refractivity contribution in [2.45, 2.75) is 6.92 Å². The lowest BCUT2D eigenvalue weighted by atomic mass is 10.3. The second-order valence-electron chi connectivity index (χ2n) is 2.19. The van der Waals surface area contributed by atoms with Crippen LogP contribution in [0.1, 0.15) is 17.4 Å². The number of aromatic nitrogens is 1. The molecule has 0 radical (unpaired) electrons. The van der Waals surface area contributed by atoms with E-state index in [9.17, 15) is 9.18 Å². The van der Waals surface area contributed by atoms with E-state index >= 15 is 0 Å². The fourth-order valence-corrected chi connectivity index (χ4v) is 1.18. The maximum absolute atomic E-state index is 12.7. The Kier molecular flexibility index (Phi) is 3.58. The summed E-state index contributed by atoms with van der Waals surface area (Å²) in [4.78, 5) is 14.8. The topological polar surface area (TPSA) is 39.2 Å². The molecule has 0 aliphatic heterocycles. The predicted octanol–water partition coefficient (Wildman–Crippen LogP) is 2.00. The molecular formula is C8H7FINO2. The molecule has 0 N–H and O–H groups in total. The van der Waals surface area contributed by atoms with Crippen molar-refractivity contribution in [3.05, 3.63) is 27.3 Å². The molecule has 0 aliphatic rings. The summed E-state index contributed by atoms with van der Waals surface area (Å²) in [5, 5.41) is 0. The SMILES string of the molecule is CCOC(=O)c1ccc(F)c(I)n1. The van der Waals surface area contributed by atoms with Crippen molar-refractivity contribution in [3.8, 4) is 0 Å². The molecule has 1 aromatic heterocycles. The Bertz CT molecular complexity index is 330. The van der Waals surface area contributed by atoms with Gasteiger partial charge in [0.1, 0.15) is 9.39 Å². The van der Waals surface area contributed by atoms with Gasteiger partial charge in [-0.1, -0.05) is 0 Å². The monoisotopic (exact) mass is 295 g/mol. The van der Waals surface area contributed by atoms with Gasteiger partial charge in [-0.2, -0.15) is 0 Å². The molecule has 0 saturated heterocycles. The van der Waals surface area contributed by atoms with Gasteiger partial charge >= 0.3 is 5.97 Å². The van der Waals surface area contributed by atoms with Crippen LogP contribution >= 0.6 is 22.6 Å². The summed E-state index contributed by atoms with van der Waals surface area (Å²) in [5.74, 6) is -0.964. The first kappa shape index (κ1) is 10.4. The minimum absolute atomic E-state index is 0.132. The maximum atomic E-state index is 12.7. The molecule has 70 valence electrons. The predicted molar refractivity (Wildman–Crippen MR) is 52.9 cm³/mol. The third kappa shape index (κ3) is 2.61. The molecule has 0 amide bonds. The molecule has 0 bridgehead atoms. The number of hydrogen-bond donors (Lipinski definition) is 0. The Labute approximate surface area is 88.4 Å². The average molecular weight is 295 g/mol. The molecule has 0 aliphatic carbocycles. The summed E-state index contributed by atoms with van der Waals surface area (Å²) >= 11 is 1.72. The Morgan fingerprint density at radius 3 is 2.92 bits per heavy atom. The first-order valence-corrected chi connectivity index (χ1v) is 4.72.